The lowest BCUT2D eigenvalue weighted by Crippen LogP contribution is -2.61. The maximum absolute atomic E-state index is 13.2. The fourth-order valence-corrected chi connectivity index (χ4v) is 8.59. The van der Waals surface area contributed by atoms with Crippen molar-refractivity contribution in [2.75, 3.05) is 13.2 Å². The average molecular weight is 1160 g/mol. The van der Waals surface area contributed by atoms with Gasteiger partial charge in [0.1, 0.15) is 18.8 Å². The first-order valence-electron chi connectivity index (χ1n) is 31.8. The van der Waals surface area contributed by atoms with Crippen molar-refractivity contribution >= 4 is 23.9 Å². The fraction of sp³-hybridized carbons (Fsp3) is 0.606. The quantitative estimate of drug-likeness (QED) is 0.0228. The number of carboxylic acid groups (broad SMARTS) is 1. The van der Waals surface area contributed by atoms with Gasteiger partial charge in [-0.1, -0.05) is 224 Å². The molecule has 1 fully saturated rings. The third-order valence-corrected chi connectivity index (χ3v) is 13.4. The number of aliphatic carboxylic acids is 1. The summed E-state index contributed by atoms with van der Waals surface area (Å²) < 4.78 is 28.4. The second-order valence-corrected chi connectivity index (χ2v) is 20.9. The number of hydrogen-bond acceptors (Lipinski definition) is 11. The lowest BCUT2D eigenvalue weighted by Gasteiger charge is -2.40. The minimum Gasteiger partial charge on any atom is -0.479 e. The van der Waals surface area contributed by atoms with E-state index in [2.05, 4.69) is 154 Å². The molecule has 6 unspecified atom stereocenters. The molecule has 0 amide bonds. The number of hydrogen-bond donors (Lipinski definition) is 3. The van der Waals surface area contributed by atoms with Crippen LogP contribution in [0.1, 0.15) is 226 Å². The van der Waals surface area contributed by atoms with Crippen molar-refractivity contribution in [3.8, 4) is 0 Å². The zero-order chi connectivity index (χ0) is 60.3. The van der Waals surface area contributed by atoms with Crippen molar-refractivity contribution in [2.45, 2.75) is 263 Å². The van der Waals surface area contributed by atoms with E-state index in [1.165, 1.54) is 51.4 Å². The molecule has 0 bridgehead atoms. The first-order valence-corrected chi connectivity index (χ1v) is 31.8. The standard InChI is InChI=1S/C71H110O12/c1-4-7-10-13-16-19-22-25-28-30-32-34-37-39-42-45-48-51-54-57-63(72)79-60-62(81-64(73)58-55-52-49-46-43-41-38-35-33-31-29-26-23-20-17-14-11-8-5-2)61-80-71-69(67(76)66(75)68(83-71)70(77)78)82-65(74)59-56-53-50-47-44-40-36-27-24-21-18-15-12-9-6-3/h7,9-10,12,16-21,25-29,32,34,36,39,42,44,47-48,51,62,66-69,71,75-76H,4-6,8,11,13-15,22-24,30-31,33,35,37-38,40-41,43,45-46,49-50,52-61H2,1-3H3,(H,77,78)/b10-7-,12-9-,19-16-,20-17-,21-18-,28-25-,29-26-,34-32-,36-27-,42-39-,47-44-,51-48-. The average Bonchev–Trinajstić information content (AvgIpc) is 3.58. The van der Waals surface area contributed by atoms with E-state index in [1.807, 2.05) is 12.2 Å². The monoisotopic (exact) mass is 1150 g/mol. The highest BCUT2D eigenvalue weighted by Crippen LogP contribution is 2.26. The number of allylic oxidation sites excluding steroid dienone is 24. The Morgan fingerprint density at radius 3 is 1.23 bits per heavy atom. The van der Waals surface area contributed by atoms with Gasteiger partial charge < -0.3 is 39.0 Å². The molecule has 0 radical (unpaired) electrons. The van der Waals surface area contributed by atoms with Crippen molar-refractivity contribution in [2.24, 2.45) is 0 Å². The minimum absolute atomic E-state index is 0.00734. The van der Waals surface area contributed by atoms with E-state index in [4.69, 9.17) is 23.7 Å². The third-order valence-electron chi connectivity index (χ3n) is 13.4. The second-order valence-electron chi connectivity index (χ2n) is 20.9. The number of ether oxygens (including phenoxy) is 5. The SMILES string of the molecule is CC/C=C\C/C=C\C/C=C\C/C=C\C/C=C\C/C=C\CCC(=O)OCC(COC1OC(C(=O)O)C(O)C(O)C1OC(=O)CCCC/C=C\C/C=C\C/C=C\C/C=C\CC)OC(=O)CCCCCCCCCCC/C=C\C/C=C\CCCCC. The van der Waals surface area contributed by atoms with Crippen LogP contribution in [-0.4, -0.2) is 89.2 Å². The summed E-state index contributed by atoms with van der Waals surface area (Å²) in [6.07, 6.45) is 69.6. The van der Waals surface area contributed by atoms with Crippen LogP contribution in [0, 0.1) is 0 Å². The summed E-state index contributed by atoms with van der Waals surface area (Å²) in [5, 5.41) is 31.5. The summed E-state index contributed by atoms with van der Waals surface area (Å²) in [7, 11) is 0. The van der Waals surface area contributed by atoms with Gasteiger partial charge in [-0.05, 0) is 128 Å². The molecule has 0 spiro atoms. The molecule has 0 aliphatic carbocycles. The predicted molar refractivity (Wildman–Crippen MR) is 339 cm³/mol. The van der Waals surface area contributed by atoms with E-state index in [-0.39, 0.29) is 25.9 Å². The number of esters is 3. The summed E-state index contributed by atoms with van der Waals surface area (Å²) >= 11 is 0. The largest absolute Gasteiger partial charge is 0.479 e. The molecule has 6 atom stereocenters. The smallest absolute Gasteiger partial charge is 0.335 e. The summed E-state index contributed by atoms with van der Waals surface area (Å²) in [4.78, 5) is 51.3. The van der Waals surface area contributed by atoms with Gasteiger partial charge in [0.15, 0.2) is 24.6 Å². The van der Waals surface area contributed by atoms with Crippen LogP contribution < -0.4 is 0 Å². The molecule has 0 aromatic heterocycles. The van der Waals surface area contributed by atoms with Crippen LogP contribution in [-0.2, 0) is 42.9 Å². The van der Waals surface area contributed by atoms with Crippen molar-refractivity contribution < 1.29 is 58.2 Å². The van der Waals surface area contributed by atoms with Crippen molar-refractivity contribution in [3.05, 3.63) is 146 Å². The summed E-state index contributed by atoms with van der Waals surface area (Å²) in [5.74, 6) is -3.31. The van der Waals surface area contributed by atoms with Crippen LogP contribution in [0.4, 0.5) is 0 Å². The molecule has 1 aliphatic heterocycles. The molecule has 0 saturated carbocycles. The van der Waals surface area contributed by atoms with Gasteiger partial charge in [0.25, 0.3) is 0 Å². The molecule has 12 nitrogen and oxygen atoms in total. The zero-order valence-electron chi connectivity index (χ0n) is 51.4. The van der Waals surface area contributed by atoms with E-state index in [9.17, 15) is 34.5 Å². The van der Waals surface area contributed by atoms with Crippen LogP contribution in [0.3, 0.4) is 0 Å². The number of carbonyl (C=O) groups excluding carboxylic acids is 3. The van der Waals surface area contributed by atoms with Crippen molar-refractivity contribution in [1.82, 2.24) is 0 Å². The Balaban J connectivity index is 2.75. The highest BCUT2D eigenvalue weighted by Gasteiger charge is 2.50. The number of rotatable bonds is 52. The van der Waals surface area contributed by atoms with Gasteiger partial charge in [-0.15, -0.1) is 0 Å². The third kappa shape index (κ3) is 46.6. The second kappa shape index (κ2) is 57.1. The van der Waals surface area contributed by atoms with E-state index in [0.717, 1.165) is 109 Å². The highest BCUT2D eigenvalue weighted by atomic mass is 16.7. The van der Waals surface area contributed by atoms with Crippen LogP contribution in [0.25, 0.3) is 0 Å². The highest BCUT2D eigenvalue weighted by molar-refractivity contribution is 5.74. The summed E-state index contributed by atoms with van der Waals surface area (Å²) in [6.45, 7) is 5.65. The zero-order valence-corrected chi connectivity index (χ0v) is 51.4. The molecule has 0 aromatic rings. The van der Waals surface area contributed by atoms with Crippen LogP contribution in [0.5, 0.6) is 0 Å². The summed E-state index contributed by atoms with van der Waals surface area (Å²) in [6, 6.07) is 0. The Morgan fingerprint density at radius 1 is 0.410 bits per heavy atom. The van der Waals surface area contributed by atoms with E-state index < -0.39 is 67.3 Å². The first-order chi connectivity index (χ1) is 40.6. The molecular weight excluding hydrogens is 1040 g/mol. The number of aliphatic hydroxyl groups is 2. The molecule has 1 rings (SSSR count). The molecule has 12 heteroatoms. The Kier molecular flexibility index (Phi) is 52.0. The van der Waals surface area contributed by atoms with Gasteiger partial charge in [-0.25, -0.2) is 4.79 Å². The van der Waals surface area contributed by atoms with Gasteiger partial charge in [0.05, 0.1) is 6.61 Å². The molecule has 3 N–H and O–H groups in total. The first kappa shape index (κ1) is 75.6. The minimum atomic E-state index is -1.94. The molecule has 83 heavy (non-hydrogen) atoms. The number of carbonyl (C=O) groups is 4. The lowest BCUT2D eigenvalue weighted by molar-refractivity contribution is -0.301. The molecule has 466 valence electrons. The molecular formula is C71H110O12. The van der Waals surface area contributed by atoms with Gasteiger partial charge in [-0.2, -0.15) is 0 Å². The molecule has 1 heterocycles. The normalized spacial score (nSPS) is 18.6. The van der Waals surface area contributed by atoms with E-state index in [1.54, 1.807) is 0 Å². The maximum atomic E-state index is 13.2. The van der Waals surface area contributed by atoms with Crippen molar-refractivity contribution in [3.63, 3.8) is 0 Å². The molecule has 0 aromatic carbocycles. The van der Waals surface area contributed by atoms with Gasteiger partial charge in [0.2, 0.25) is 0 Å². The number of aliphatic hydroxyl groups excluding tert-OH is 2. The van der Waals surface area contributed by atoms with Crippen LogP contribution in [0.2, 0.25) is 0 Å². The van der Waals surface area contributed by atoms with E-state index >= 15 is 0 Å². The Hall–Kier alpha value is -5.40. The van der Waals surface area contributed by atoms with E-state index in [0.29, 0.717) is 25.7 Å². The van der Waals surface area contributed by atoms with Crippen LogP contribution >= 0.6 is 0 Å². The topological polar surface area (TPSA) is 175 Å². The number of carboxylic acids is 1. The lowest BCUT2D eigenvalue weighted by atomic mass is 9.98. The van der Waals surface area contributed by atoms with Gasteiger partial charge in [0, 0.05) is 19.3 Å². The van der Waals surface area contributed by atoms with Crippen LogP contribution in [0.15, 0.2) is 146 Å². The molecule has 1 aliphatic rings. The predicted octanol–water partition coefficient (Wildman–Crippen LogP) is 17.1. The number of unbranched alkanes of at least 4 members (excludes halogenated alkanes) is 14. The van der Waals surface area contributed by atoms with Gasteiger partial charge >= 0.3 is 23.9 Å². The van der Waals surface area contributed by atoms with Crippen molar-refractivity contribution in [1.29, 1.82) is 0 Å². The van der Waals surface area contributed by atoms with Gasteiger partial charge in [-0.3, -0.25) is 14.4 Å². The Bertz CT molecular complexity index is 2000. The summed E-state index contributed by atoms with van der Waals surface area (Å²) in [5.41, 5.74) is 0. The Labute approximate surface area is 502 Å². The Morgan fingerprint density at radius 2 is 0.783 bits per heavy atom. The maximum Gasteiger partial charge on any atom is 0.335 e. The fourth-order valence-electron chi connectivity index (χ4n) is 8.59. The molecule has 1 saturated heterocycles.